The molecule has 2 rings (SSSR count). The second-order valence-electron chi connectivity index (χ2n) is 3.87. The normalized spacial score (nSPS) is 26.4. The zero-order chi connectivity index (χ0) is 10.2. The topological polar surface area (TPSA) is 18.5 Å². The summed E-state index contributed by atoms with van der Waals surface area (Å²) in [4.78, 5) is 0. The molecule has 0 spiro atoms. The number of ether oxygens (including phenoxy) is 2. The van der Waals surface area contributed by atoms with E-state index in [2.05, 4.69) is 6.42 Å². The maximum Gasteiger partial charge on any atom is 2.00 e. The Hall–Kier alpha value is 0.543. The van der Waals surface area contributed by atoms with Crippen LogP contribution in [0.5, 0.6) is 0 Å². The van der Waals surface area contributed by atoms with Gasteiger partial charge in [0.05, 0.1) is 13.2 Å². The Balaban J connectivity index is 0.000000443. The molecule has 15 heavy (non-hydrogen) atoms. The molecular weight excluding hydrogens is 242 g/mol. The van der Waals surface area contributed by atoms with Crippen molar-refractivity contribution in [1.82, 2.24) is 0 Å². The van der Waals surface area contributed by atoms with Crippen molar-refractivity contribution in [2.45, 2.75) is 45.8 Å². The quantitative estimate of drug-likeness (QED) is 0.535. The van der Waals surface area contributed by atoms with Gasteiger partial charge < -0.3 is 22.3 Å². The first-order valence-electron chi connectivity index (χ1n) is 5.69. The minimum atomic E-state index is 0. The van der Waals surface area contributed by atoms with Crippen LogP contribution in [0, 0.1) is 18.8 Å². The van der Waals surface area contributed by atoms with Crippen molar-refractivity contribution in [3.05, 3.63) is 12.8 Å². The minimum Gasteiger partial charge on any atom is -0.353 e. The fraction of sp³-hybridized carbons (Fsp3) is 0.833. The zero-order valence-electron chi connectivity index (χ0n) is 10.1. The molecule has 3 heteroatoms. The standard InChI is InChI=1S/C9H15O2.C3H7.Zn/c1-2-4-8(5-3-1)9-10-6-7-11-9;1-3-2;/h4,8-9H,1-3,5-7H2;3H,1-2H3;/q2*-1;+2/t8-;;/m0../s1. The van der Waals surface area contributed by atoms with Crippen LogP contribution in [0.15, 0.2) is 0 Å². The molecular formula is C12H22O2Zn. The molecule has 0 amide bonds. The van der Waals surface area contributed by atoms with Gasteiger partial charge in [0.25, 0.3) is 0 Å². The first kappa shape index (κ1) is 15.5. The second kappa shape index (κ2) is 9.75. The van der Waals surface area contributed by atoms with Crippen LogP contribution in [0.4, 0.5) is 0 Å². The monoisotopic (exact) mass is 262 g/mol. The van der Waals surface area contributed by atoms with Crippen LogP contribution in [0.25, 0.3) is 0 Å². The van der Waals surface area contributed by atoms with Crippen LogP contribution >= 0.6 is 0 Å². The Morgan fingerprint density at radius 2 is 1.73 bits per heavy atom. The van der Waals surface area contributed by atoms with Gasteiger partial charge in [0.1, 0.15) is 6.29 Å². The summed E-state index contributed by atoms with van der Waals surface area (Å²) in [6.45, 7) is 5.57. The maximum atomic E-state index is 5.44. The first-order chi connectivity index (χ1) is 6.88. The molecule has 0 radical (unpaired) electrons. The van der Waals surface area contributed by atoms with E-state index in [4.69, 9.17) is 9.47 Å². The fourth-order valence-electron chi connectivity index (χ4n) is 1.85. The number of hydrogen-bond acceptors (Lipinski definition) is 2. The molecule has 0 bridgehead atoms. The van der Waals surface area contributed by atoms with E-state index in [1.54, 1.807) is 0 Å². The molecule has 0 aromatic carbocycles. The van der Waals surface area contributed by atoms with E-state index in [0.717, 1.165) is 13.2 Å². The molecule has 2 fully saturated rings. The van der Waals surface area contributed by atoms with Crippen LogP contribution in [0.3, 0.4) is 0 Å². The summed E-state index contributed by atoms with van der Waals surface area (Å²) >= 11 is 0. The van der Waals surface area contributed by atoms with E-state index in [1.807, 2.05) is 20.3 Å². The first-order valence-corrected chi connectivity index (χ1v) is 5.69. The van der Waals surface area contributed by atoms with Gasteiger partial charge in [-0.05, 0) is 0 Å². The molecule has 0 aromatic rings. The van der Waals surface area contributed by atoms with E-state index in [1.165, 1.54) is 25.7 Å². The van der Waals surface area contributed by atoms with Crippen molar-refractivity contribution >= 4 is 0 Å². The van der Waals surface area contributed by atoms with Crippen LogP contribution in [0.1, 0.15) is 39.5 Å². The van der Waals surface area contributed by atoms with Crippen LogP contribution < -0.4 is 0 Å². The molecule has 1 aliphatic heterocycles. The van der Waals surface area contributed by atoms with Gasteiger partial charge in [0, 0.05) is 0 Å². The molecule has 0 aromatic heterocycles. The summed E-state index contributed by atoms with van der Waals surface area (Å²) in [5, 5.41) is 0. The average Bonchev–Trinajstić information content (AvgIpc) is 2.73. The summed E-state index contributed by atoms with van der Waals surface area (Å²) in [5.74, 6) is 0.575. The van der Waals surface area contributed by atoms with Gasteiger partial charge in [-0.15, -0.1) is 5.92 Å². The van der Waals surface area contributed by atoms with Crippen LogP contribution in [0.2, 0.25) is 0 Å². The van der Waals surface area contributed by atoms with Gasteiger partial charge >= 0.3 is 19.5 Å². The van der Waals surface area contributed by atoms with Gasteiger partial charge in [0.2, 0.25) is 0 Å². The van der Waals surface area contributed by atoms with Gasteiger partial charge in [-0.25, -0.2) is 0 Å². The third kappa shape index (κ3) is 5.99. The van der Waals surface area contributed by atoms with E-state index in [-0.39, 0.29) is 25.8 Å². The van der Waals surface area contributed by atoms with E-state index in [0.29, 0.717) is 5.92 Å². The van der Waals surface area contributed by atoms with Crippen LogP contribution in [-0.2, 0) is 29.0 Å². The summed E-state index contributed by atoms with van der Waals surface area (Å²) in [5.41, 5.74) is 0. The maximum absolute atomic E-state index is 5.44. The molecule has 1 saturated carbocycles. The van der Waals surface area contributed by atoms with Crippen molar-refractivity contribution in [1.29, 1.82) is 0 Å². The molecule has 2 nitrogen and oxygen atoms in total. The van der Waals surface area contributed by atoms with Gasteiger partial charge in [-0.1, -0.05) is 19.3 Å². The summed E-state index contributed by atoms with van der Waals surface area (Å²) < 4.78 is 10.9. The second-order valence-corrected chi connectivity index (χ2v) is 3.87. The molecule has 1 atom stereocenters. The van der Waals surface area contributed by atoms with Gasteiger partial charge in [0.15, 0.2) is 0 Å². The third-order valence-electron chi connectivity index (χ3n) is 2.46. The summed E-state index contributed by atoms with van der Waals surface area (Å²) in [6.07, 6.45) is 9.64. The van der Waals surface area contributed by atoms with E-state index >= 15 is 0 Å². The molecule has 1 saturated heterocycles. The largest absolute Gasteiger partial charge is 2.00 e. The Labute approximate surface area is 107 Å². The predicted octanol–water partition coefficient (Wildman–Crippen LogP) is 2.98. The van der Waals surface area contributed by atoms with Crippen molar-refractivity contribution in [2.75, 3.05) is 13.2 Å². The Kier molecular flexibility index (Phi) is 10.1. The summed E-state index contributed by atoms with van der Waals surface area (Å²) in [6, 6.07) is 0. The molecule has 1 aliphatic carbocycles. The Bertz CT molecular complexity index is 130. The molecule has 0 N–H and O–H groups in total. The van der Waals surface area contributed by atoms with Crippen molar-refractivity contribution in [3.63, 3.8) is 0 Å². The average molecular weight is 264 g/mol. The van der Waals surface area contributed by atoms with E-state index < -0.39 is 0 Å². The van der Waals surface area contributed by atoms with Gasteiger partial charge in [-0.2, -0.15) is 20.3 Å². The Morgan fingerprint density at radius 3 is 2.20 bits per heavy atom. The minimum absolute atomic E-state index is 0. The zero-order valence-corrected chi connectivity index (χ0v) is 13.0. The predicted molar refractivity (Wildman–Crippen MR) is 57.6 cm³/mol. The van der Waals surface area contributed by atoms with Crippen molar-refractivity contribution in [3.8, 4) is 0 Å². The van der Waals surface area contributed by atoms with Gasteiger partial charge in [-0.3, -0.25) is 0 Å². The smallest absolute Gasteiger partial charge is 0.353 e. The van der Waals surface area contributed by atoms with E-state index in [9.17, 15) is 0 Å². The molecule has 84 valence electrons. The van der Waals surface area contributed by atoms with Crippen molar-refractivity contribution in [2.24, 2.45) is 5.92 Å². The molecule has 1 heterocycles. The fourth-order valence-corrected chi connectivity index (χ4v) is 1.85. The SMILES string of the molecule is C[CH-]C.[CH-]1CCCC[C@H]1C1OCCO1.[Zn+2]. The third-order valence-corrected chi connectivity index (χ3v) is 2.46. The summed E-state index contributed by atoms with van der Waals surface area (Å²) in [7, 11) is 0. The number of rotatable bonds is 1. The number of hydrogen-bond donors (Lipinski definition) is 0. The molecule has 0 unspecified atom stereocenters. The Morgan fingerprint density at radius 1 is 1.13 bits per heavy atom. The molecule has 2 aliphatic rings. The van der Waals surface area contributed by atoms with Crippen LogP contribution in [-0.4, -0.2) is 19.5 Å². The van der Waals surface area contributed by atoms with Crippen molar-refractivity contribution < 1.29 is 29.0 Å².